The van der Waals surface area contributed by atoms with E-state index in [-0.39, 0.29) is 0 Å². The third-order valence-electron chi connectivity index (χ3n) is 4.19. The molecule has 0 amide bonds. The molecule has 1 N–H and O–H groups in total. The molecule has 4 nitrogen and oxygen atoms in total. The summed E-state index contributed by atoms with van der Waals surface area (Å²) < 4.78 is 0. The molecule has 1 aliphatic rings. The van der Waals surface area contributed by atoms with Crippen LogP contribution in [0.2, 0.25) is 5.02 Å². The summed E-state index contributed by atoms with van der Waals surface area (Å²) in [5.74, 6) is 0. The highest BCUT2D eigenvalue weighted by atomic mass is 35.5. The molecular weight excluding hydrogens is 298 g/mol. The van der Waals surface area contributed by atoms with E-state index < -0.39 is 5.60 Å². The highest BCUT2D eigenvalue weighted by Gasteiger charge is 2.34. The van der Waals surface area contributed by atoms with Gasteiger partial charge in [0.05, 0.1) is 11.1 Å². The third kappa shape index (κ3) is 3.19. The van der Waals surface area contributed by atoms with E-state index in [2.05, 4.69) is 9.88 Å². The summed E-state index contributed by atoms with van der Waals surface area (Å²) in [5, 5.41) is 12.6. The van der Waals surface area contributed by atoms with Crippen LogP contribution >= 0.6 is 11.6 Å². The Morgan fingerprint density at radius 2 is 2.18 bits per heavy atom. The maximum atomic E-state index is 10.9. The summed E-state index contributed by atoms with van der Waals surface area (Å²) in [6, 6.07) is 7.82. The minimum Gasteiger partial charge on any atom is -0.387 e. The van der Waals surface area contributed by atoms with Crippen molar-refractivity contribution in [2.24, 2.45) is 0 Å². The third-order valence-corrected chi connectivity index (χ3v) is 4.42. The number of piperidine rings is 1. The van der Waals surface area contributed by atoms with Crippen LogP contribution < -0.4 is 4.90 Å². The quantitative estimate of drug-likeness (QED) is 0.944. The van der Waals surface area contributed by atoms with Gasteiger partial charge in [0, 0.05) is 41.9 Å². The predicted molar refractivity (Wildman–Crippen MR) is 91.7 cm³/mol. The van der Waals surface area contributed by atoms with Crippen LogP contribution in [0.25, 0.3) is 10.9 Å². The molecule has 2 aromatic rings. The number of rotatable bonds is 3. The number of hydrogen-bond acceptors (Lipinski definition) is 4. The van der Waals surface area contributed by atoms with Gasteiger partial charge in [-0.05, 0) is 51.2 Å². The molecule has 3 rings (SSSR count). The molecule has 0 aliphatic carbocycles. The lowest BCUT2D eigenvalue weighted by atomic mass is 9.91. The van der Waals surface area contributed by atoms with Gasteiger partial charge in [0.25, 0.3) is 0 Å². The van der Waals surface area contributed by atoms with E-state index in [1.54, 1.807) is 0 Å². The molecule has 5 heteroatoms. The molecule has 1 atom stereocenters. The number of aliphatic hydroxyl groups is 1. The summed E-state index contributed by atoms with van der Waals surface area (Å²) >= 11 is 6.06. The minimum atomic E-state index is -0.663. The van der Waals surface area contributed by atoms with Gasteiger partial charge in [-0.3, -0.25) is 4.98 Å². The Hall–Kier alpha value is -1.36. The van der Waals surface area contributed by atoms with Gasteiger partial charge in [-0.15, -0.1) is 0 Å². The first-order valence-corrected chi connectivity index (χ1v) is 8.01. The Labute approximate surface area is 136 Å². The zero-order valence-electron chi connectivity index (χ0n) is 13.1. The summed E-state index contributed by atoms with van der Waals surface area (Å²) in [4.78, 5) is 8.72. The number of anilines is 1. The van der Waals surface area contributed by atoms with Crippen LogP contribution in [0.5, 0.6) is 0 Å². The van der Waals surface area contributed by atoms with E-state index in [0.29, 0.717) is 18.1 Å². The molecule has 1 fully saturated rings. The molecule has 1 saturated heterocycles. The first-order chi connectivity index (χ1) is 10.5. The van der Waals surface area contributed by atoms with E-state index in [1.807, 2.05) is 49.5 Å². The topological polar surface area (TPSA) is 39.6 Å². The number of nitrogens with zero attached hydrogens (tertiary/aromatic N) is 3. The molecule has 1 aliphatic heterocycles. The first-order valence-electron chi connectivity index (χ1n) is 7.63. The second-order valence-electron chi connectivity index (χ2n) is 6.48. The average Bonchev–Trinajstić information content (AvgIpc) is 2.45. The first kappa shape index (κ1) is 15.5. The monoisotopic (exact) mass is 319 g/mol. The van der Waals surface area contributed by atoms with Crippen molar-refractivity contribution < 1.29 is 5.11 Å². The lowest BCUT2D eigenvalue weighted by Crippen LogP contribution is -2.53. The van der Waals surface area contributed by atoms with Crippen LogP contribution in [-0.4, -0.2) is 54.3 Å². The van der Waals surface area contributed by atoms with Crippen LogP contribution in [0.3, 0.4) is 0 Å². The van der Waals surface area contributed by atoms with Crippen molar-refractivity contribution in [2.75, 3.05) is 38.6 Å². The molecule has 0 spiro atoms. The Morgan fingerprint density at radius 3 is 2.95 bits per heavy atom. The van der Waals surface area contributed by atoms with Crippen molar-refractivity contribution in [3.8, 4) is 0 Å². The van der Waals surface area contributed by atoms with E-state index in [1.165, 1.54) is 0 Å². The summed E-state index contributed by atoms with van der Waals surface area (Å²) in [6.07, 6.45) is 3.64. The van der Waals surface area contributed by atoms with Crippen LogP contribution in [0.1, 0.15) is 12.8 Å². The fourth-order valence-corrected chi connectivity index (χ4v) is 3.58. The van der Waals surface area contributed by atoms with Crippen LogP contribution in [0.4, 0.5) is 5.69 Å². The van der Waals surface area contributed by atoms with Crippen LogP contribution in [0.15, 0.2) is 30.5 Å². The van der Waals surface area contributed by atoms with Crippen molar-refractivity contribution in [3.63, 3.8) is 0 Å². The van der Waals surface area contributed by atoms with Crippen LogP contribution in [0, 0.1) is 0 Å². The Bertz CT molecular complexity index is 676. The van der Waals surface area contributed by atoms with E-state index in [4.69, 9.17) is 11.6 Å². The minimum absolute atomic E-state index is 0.646. The molecule has 0 saturated carbocycles. The summed E-state index contributed by atoms with van der Waals surface area (Å²) in [6.45, 7) is 2.28. The molecule has 0 unspecified atom stereocenters. The number of benzene rings is 1. The number of hydrogen-bond donors (Lipinski definition) is 1. The van der Waals surface area contributed by atoms with E-state index in [9.17, 15) is 5.11 Å². The lowest BCUT2D eigenvalue weighted by Gasteiger charge is -2.42. The zero-order chi connectivity index (χ0) is 15.7. The van der Waals surface area contributed by atoms with Gasteiger partial charge in [0.2, 0.25) is 0 Å². The molecule has 1 aromatic carbocycles. The normalized spacial score (nSPS) is 22.5. The molecule has 22 heavy (non-hydrogen) atoms. The SMILES string of the molecule is CN(C)C[C@]1(O)CCCN(c2ccnc3cc(Cl)ccc23)C1. The molecule has 0 radical (unpaired) electrons. The largest absolute Gasteiger partial charge is 0.387 e. The Morgan fingerprint density at radius 1 is 1.36 bits per heavy atom. The standard InChI is InChI=1S/C17H22ClN3O/c1-20(2)11-17(22)7-3-9-21(12-17)16-6-8-19-15-10-13(18)4-5-14(15)16/h4-6,8,10,22H,3,7,9,11-12H2,1-2H3/t17-/m1/s1. The average molecular weight is 320 g/mol. The lowest BCUT2D eigenvalue weighted by molar-refractivity contribution is 0.00376. The van der Waals surface area contributed by atoms with Crippen molar-refractivity contribution in [1.29, 1.82) is 0 Å². The number of likely N-dealkylation sites (N-methyl/N-ethyl adjacent to an activating group) is 1. The molecular formula is C17H22ClN3O. The second kappa shape index (κ2) is 6.03. The summed E-state index contributed by atoms with van der Waals surface area (Å²) in [7, 11) is 4.00. The molecule has 1 aromatic heterocycles. The van der Waals surface area contributed by atoms with Crippen molar-refractivity contribution in [1.82, 2.24) is 9.88 Å². The van der Waals surface area contributed by atoms with Gasteiger partial charge in [0.1, 0.15) is 0 Å². The Kier molecular flexibility index (Phi) is 4.26. The van der Waals surface area contributed by atoms with Gasteiger partial charge < -0.3 is 14.9 Å². The van der Waals surface area contributed by atoms with E-state index >= 15 is 0 Å². The van der Waals surface area contributed by atoms with Gasteiger partial charge >= 0.3 is 0 Å². The fourth-order valence-electron chi connectivity index (χ4n) is 3.42. The summed E-state index contributed by atoms with van der Waals surface area (Å²) in [5.41, 5.74) is 1.36. The second-order valence-corrected chi connectivity index (χ2v) is 6.92. The smallest absolute Gasteiger partial charge is 0.0948 e. The highest BCUT2D eigenvalue weighted by Crippen LogP contribution is 2.32. The molecule has 0 bridgehead atoms. The molecule has 118 valence electrons. The molecule has 2 heterocycles. The van der Waals surface area contributed by atoms with Gasteiger partial charge in [-0.2, -0.15) is 0 Å². The maximum Gasteiger partial charge on any atom is 0.0948 e. The van der Waals surface area contributed by atoms with Crippen molar-refractivity contribution in [2.45, 2.75) is 18.4 Å². The van der Waals surface area contributed by atoms with Gasteiger partial charge in [-0.25, -0.2) is 0 Å². The number of halogens is 1. The number of pyridine rings is 1. The number of β-amino-alcohol motifs (C(OH)–C–C–N with tert-alkyl or cyclic N) is 1. The van der Waals surface area contributed by atoms with Crippen molar-refractivity contribution in [3.05, 3.63) is 35.5 Å². The van der Waals surface area contributed by atoms with Gasteiger partial charge in [-0.1, -0.05) is 11.6 Å². The van der Waals surface area contributed by atoms with Gasteiger partial charge in [0.15, 0.2) is 0 Å². The Balaban J connectivity index is 1.94. The van der Waals surface area contributed by atoms with E-state index in [0.717, 1.165) is 36.0 Å². The highest BCUT2D eigenvalue weighted by molar-refractivity contribution is 6.31. The fraction of sp³-hybridized carbons (Fsp3) is 0.471. The number of aromatic nitrogens is 1. The zero-order valence-corrected chi connectivity index (χ0v) is 13.8. The predicted octanol–water partition coefficient (Wildman–Crippen LogP) is 2.78. The van der Waals surface area contributed by atoms with Crippen LogP contribution in [-0.2, 0) is 0 Å². The van der Waals surface area contributed by atoms with Crippen molar-refractivity contribution >= 4 is 28.2 Å². The number of fused-ring (bicyclic) bond motifs is 1. The maximum absolute atomic E-state index is 10.9.